The van der Waals surface area contributed by atoms with E-state index in [0.717, 1.165) is 11.8 Å². The number of hydrogen-bond acceptors (Lipinski definition) is 1. The molecule has 0 radical (unpaired) electrons. The van der Waals surface area contributed by atoms with Gasteiger partial charge in [-0.2, -0.15) is 0 Å². The van der Waals surface area contributed by atoms with Gasteiger partial charge in [0, 0.05) is 5.54 Å². The van der Waals surface area contributed by atoms with Crippen LogP contribution >= 0.6 is 0 Å². The molecule has 2 fully saturated rings. The maximum absolute atomic E-state index is 6.93. The molecular weight excluding hydrogens is 206 g/mol. The minimum atomic E-state index is 0.124. The Morgan fingerprint density at radius 2 is 1.76 bits per heavy atom. The fourth-order valence-electron chi connectivity index (χ4n) is 4.44. The fraction of sp³-hybridized carbons (Fsp3) is 1.00. The van der Waals surface area contributed by atoms with Crippen LogP contribution in [0.15, 0.2) is 0 Å². The molecule has 100 valence electrons. The molecule has 0 aromatic rings. The predicted molar refractivity (Wildman–Crippen MR) is 74.9 cm³/mol. The van der Waals surface area contributed by atoms with Crippen LogP contribution in [0.5, 0.6) is 0 Å². The van der Waals surface area contributed by atoms with Gasteiger partial charge in [-0.15, -0.1) is 0 Å². The molecular formula is C16H31N. The van der Waals surface area contributed by atoms with Crippen LogP contribution in [0.25, 0.3) is 0 Å². The van der Waals surface area contributed by atoms with E-state index in [1.807, 2.05) is 0 Å². The molecule has 2 aliphatic carbocycles. The van der Waals surface area contributed by atoms with Gasteiger partial charge in [0.15, 0.2) is 0 Å². The first kappa shape index (κ1) is 13.4. The average Bonchev–Trinajstić information content (AvgIpc) is 2.33. The molecule has 0 heterocycles. The molecule has 0 bridgehead atoms. The normalized spacial score (nSPS) is 42.4. The standard InChI is InChI=1S/C16H31N/c1-4-13-8-7-9-14(12-13)16(17)11-6-5-10-15(16,2)3/h13-14H,4-12,17H2,1-3H3. The van der Waals surface area contributed by atoms with Crippen LogP contribution < -0.4 is 5.73 Å². The van der Waals surface area contributed by atoms with Crippen molar-refractivity contribution in [2.75, 3.05) is 0 Å². The molecule has 0 saturated heterocycles. The third-order valence-corrected chi connectivity index (χ3v) is 5.99. The second kappa shape index (κ2) is 4.91. The van der Waals surface area contributed by atoms with Crippen molar-refractivity contribution < 1.29 is 0 Å². The topological polar surface area (TPSA) is 26.0 Å². The van der Waals surface area contributed by atoms with Crippen LogP contribution in [0.4, 0.5) is 0 Å². The van der Waals surface area contributed by atoms with Crippen molar-refractivity contribution in [2.45, 2.75) is 84.1 Å². The summed E-state index contributed by atoms with van der Waals surface area (Å²) >= 11 is 0. The Kier molecular flexibility index (Phi) is 3.87. The van der Waals surface area contributed by atoms with Gasteiger partial charge >= 0.3 is 0 Å². The molecule has 0 aromatic carbocycles. The Labute approximate surface area is 108 Å². The third-order valence-electron chi connectivity index (χ3n) is 5.99. The van der Waals surface area contributed by atoms with Crippen molar-refractivity contribution in [2.24, 2.45) is 23.0 Å². The van der Waals surface area contributed by atoms with Gasteiger partial charge in [-0.05, 0) is 42.9 Å². The first-order valence-corrected chi connectivity index (χ1v) is 7.78. The summed E-state index contributed by atoms with van der Waals surface area (Å²) in [6.07, 6.45) is 12.3. The van der Waals surface area contributed by atoms with Crippen molar-refractivity contribution in [3.05, 3.63) is 0 Å². The molecule has 3 unspecified atom stereocenters. The van der Waals surface area contributed by atoms with E-state index in [0.29, 0.717) is 5.41 Å². The largest absolute Gasteiger partial charge is 0.324 e. The quantitative estimate of drug-likeness (QED) is 0.752. The van der Waals surface area contributed by atoms with Gasteiger partial charge in [-0.3, -0.25) is 0 Å². The van der Waals surface area contributed by atoms with Gasteiger partial charge in [0.1, 0.15) is 0 Å². The first-order valence-electron chi connectivity index (χ1n) is 7.78. The summed E-state index contributed by atoms with van der Waals surface area (Å²) in [5.41, 5.74) is 7.41. The zero-order valence-corrected chi connectivity index (χ0v) is 12.1. The highest BCUT2D eigenvalue weighted by Gasteiger charge is 2.49. The molecule has 0 spiro atoms. The van der Waals surface area contributed by atoms with Crippen molar-refractivity contribution in [1.29, 1.82) is 0 Å². The zero-order valence-electron chi connectivity index (χ0n) is 12.1. The summed E-state index contributed by atoms with van der Waals surface area (Å²) in [7, 11) is 0. The van der Waals surface area contributed by atoms with E-state index in [4.69, 9.17) is 5.73 Å². The van der Waals surface area contributed by atoms with Gasteiger partial charge in [-0.25, -0.2) is 0 Å². The lowest BCUT2D eigenvalue weighted by Gasteiger charge is -2.54. The number of nitrogens with two attached hydrogens (primary N) is 1. The van der Waals surface area contributed by atoms with E-state index in [1.54, 1.807) is 0 Å². The van der Waals surface area contributed by atoms with Gasteiger partial charge in [-0.1, -0.05) is 52.9 Å². The second-order valence-corrected chi connectivity index (χ2v) is 7.27. The third kappa shape index (κ3) is 2.41. The SMILES string of the molecule is CCC1CCCC(C2(N)CCCCC2(C)C)C1. The van der Waals surface area contributed by atoms with Crippen LogP contribution in [0.3, 0.4) is 0 Å². The minimum absolute atomic E-state index is 0.124. The Morgan fingerprint density at radius 3 is 2.41 bits per heavy atom. The summed E-state index contributed by atoms with van der Waals surface area (Å²) in [6.45, 7) is 7.19. The lowest BCUT2D eigenvalue weighted by molar-refractivity contribution is 0.0162. The highest BCUT2D eigenvalue weighted by atomic mass is 14.8. The van der Waals surface area contributed by atoms with Gasteiger partial charge in [0.25, 0.3) is 0 Å². The van der Waals surface area contributed by atoms with Crippen LogP contribution in [-0.2, 0) is 0 Å². The lowest BCUT2D eigenvalue weighted by Crippen LogP contribution is -2.60. The average molecular weight is 237 g/mol. The van der Waals surface area contributed by atoms with Crippen molar-refractivity contribution in [3.8, 4) is 0 Å². The summed E-state index contributed by atoms with van der Waals surface area (Å²) in [5.74, 6) is 1.74. The molecule has 17 heavy (non-hydrogen) atoms. The van der Waals surface area contributed by atoms with E-state index in [9.17, 15) is 0 Å². The zero-order chi connectivity index (χ0) is 12.5. The van der Waals surface area contributed by atoms with E-state index in [-0.39, 0.29) is 5.54 Å². The van der Waals surface area contributed by atoms with E-state index in [2.05, 4.69) is 20.8 Å². The molecule has 2 N–H and O–H groups in total. The highest BCUT2D eigenvalue weighted by molar-refractivity contribution is 5.05. The molecule has 2 rings (SSSR count). The maximum atomic E-state index is 6.93. The second-order valence-electron chi connectivity index (χ2n) is 7.27. The molecule has 0 aromatic heterocycles. The van der Waals surface area contributed by atoms with Crippen LogP contribution in [0, 0.1) is 17.3 Å². The highest BCUT2D eigenvalue weighted by Crippen LogP contribution is 2.51. The van der Waals surface area contributed by atoms with Crippen LogP contribution in [0.1, 0.15) is 78.6 Å². The van der Waals surface area contributed by atoms with Gasteiger partial charge in [0.2, 0.25) is 0 Å². The molecule has 3 atom stereocenters. The van der Waals surface area contributed by atoms with E-state index >= 15 is 0 Å². The van der Waals surface area contributed by atoms with Crippen LogP contribution in [-0.4, -0.2) is 5.54 Å². The minimum Gasteiger partial charge on any atom is -0.324 e. The Balaban J connectivity index is 2.12. The number of hydrogen-bond donors (Lipinski definition) is 1. The monoisotopic (exact) mass is 237 g/mol. The molecule has 2 aliphatic rings. The Hall–Kier alpha value is -0.0400. The van der Waals surface area contributed by atoms with Gasteiger partial charge < -0.3 is 5.73 Å². The van der Waals surface area contributed by atoms with E-state index < -0.39 is 0 Å². The summed E-state index contributed by atoms with van der Waals surface area (Å²) in [6, 6.07) is 0. The predicted octanol–water partition coefficient (Wildman–Crippen LogP) is 4.50. The fourth-order valence-corrected chi connectivity index (χ4v) is 4.44. The smallest absolute Gasteiger partial charge is 0.0234 e. The maximum Gasteiger partial charge on any atom is 0.0234 e. The summed E-state index contributed by atoms with van der Waals surface area (Å²) in [4.78, 5) is 0. The summed E-state index contributed by atoms with van der Waals surface area (Å²) in [5, 5.41) is 0. The van der Waals surface area contributed by atoms with E-state index in [1.165, 1.54) is 57.8 Å². The van der Waals surface area contributed by atoms with Crippen molar-refractivity contribution >= 4 is 0 Å². The van der Waals surface area contributed by atoms with Gasteiger partial charge in [0.05, 0.1) is 0 Å². The van der Waals surface area contributed by atoms with Crippen molar-refractivity contribution in [3.63, 3.8) is 0 Å². The Bertz CT molecular complexity index is 258. The molecule has 0 aliphatic heterocycles. The van der Waals surface area contributed by atoms with Crippen LogP contribution in [0.2, 0.25) is 0 Å². The lowest BCUT2D eigenvalue weighted by atomic mass is 9.55. The van der Waals surface area contributed by atoms with Crippen molar-refractivity contribution in [1.82, 2.24) is 0 Å². The first-order chi connectivity index (χ1) is 7.99. The molecule has 1 nitrogen and oxygen atoms in total. The number of rotatable bonds is 2. The summed E-state index contributed by atoms with van der Waals surface area (Å²) < 4.78 is 0. The Morgan fingerprint density at radius 1 is 1.06 bits per heavy atom. The molecule has 2 saturated carbocycles. The molecule has 0 amide bonds. The molecule has 1 heteroatoms.